The van der Waals surface area contributed by atoms with Crippen molar-refractivity contribution in [1.29, 1.82) is 0 Å². The van der Waals surface area contributed by atoms with Gasteiger partial charge in [-0.1, -0.05) is 0 Å². The number of piperidine rings is 1. The average Bonchev–Trinajstić information content (AvgIpc) is 3.13. The van der Waals surface area contributed by atoms with E-state index in [1.807, 2.05) is 27.7 Å². The number of hydrogen-bond acceptors (Lipinski definition) is 6. The zero-order valence-corrected chi connectivity index (χ0v) is 19.7. The third-order valence-electron chi connectivity index (χ3n) is 5.28. The maximum Gasteiger partial charge on any atom is 0.410 e. The number of aryl methyl sites for hydroxylation is 1. The fourth-order valence-corrected chi connectivity index (χ4v) is 6.62. The van der Waals surface area contributed by atoms with E-state index in [0.717, 1.165) is 17.7 Å². The Hall–Kier alpha value is -1.65. The SMILES string of the molecule is Cc1ccc(S(=O)(=O)N2CCN(C(=O)C3CCCN(C(=O)OC(C)(C)C)C3)CC2)s1. The molecule has 2 aliphatic rings. The molecule has 2 aliphatic heterocycles. The Morgan fingerprint density at radius 2 is 1.73 bits per heavy atom. The summed E-state index contributed by atoms with van der Waals surface area (Å²) in [6.45, 7) is 9.59. The lowest BCUT2D eigenvalue weighted by Gasteiger charge is -2.38. The number of nitrogens with zero attached hydrogens (tertiary/aromatic N) is 3. The monoisotopic (exact) mass is 457 g/mol. The molecule has 3 heterocycles. The second kappa shape index (κ2) is 8.84. The first-order chi connectivity index (χ1) is 14.0. The van der Waals surface area contributed by atoms with Crippen molar-refractivity contribution >= 4 is 33.4 Å². The van der Waals surface area contributed by atoms with Crippen LogP contribution < -0.4 is 0 Å². The van der Waals surface area contributed by atoms with Gasteiger partial charge in [-0.2, -0.15) is 4.31 Å². The minimum atomic E-state index is -3.51. The zero-order valence-electron chi connectivity index (χ0n) is 18.1. The molecule has 1 unspecified atom stereocenters. The molecule has 10 heteroatoms. The topological polar surface area (TPSA) is 87.2 Å². The first-order valence-electron chi connectivity index (χ1n) is 10.3. The first kappa shape index (κ1) is 23.0. The van der Waals surface area contributed by atoms with Gasteiger partial charge in [-0.05, 0) is 52.7 Å². The zero-order chi connectivity index (χ0) is 22.1. The van der Waals surface area contributed by atoms with Crippen molar-refractivity contribution in [2.75, 3.05) is 39.3 Å². The van der Waals surface area contributed by atoms with Crippen LogP contribution in [0, 0.1) is 12.8 Å². The number of thiophene rings is 1. The Kier molecular flexibility index (Phi) is 6.78. The summed E-state index contributed by atoms with van der Waals surface area (Å²) in [5, 5.41) is 0. The number of carbonyl (C=O) groups excluding carboxylic acids is 2. The van der Waals surface area contributed by atoms with E-state index in [-0.39, 0.29) is 31.0 Å². The molecule has 1 atom stereocenters. The van der Waals surface area contributed by atoms with E-state index >= 15 is 0 Å². The molecule has 30 heavy (non-hydrogen) atoms. The van der Waals surface area contributed by atoms with Gasteiger partial charge in [0, 0.05) is 44.1 Å². The van der Waals surface area contributed by atoms with E-state index in [1.54, 1.807) is 21.9 Å². The third kappa shape index (κ3) is 5.33. The Balaban J connectivity index is 1.56. The van der Waals surface area contributed by atoms with Crippen molar-refractivity contribution in [3.05, 3.63) is 17.0 Å². The van der Waals surface area contributed by atoms with Crippen LogP contribution >= 0.6 is 11.3 Å². The molecule has 0 spiro atoms. The van der Waals surface area contributed by atoms with Crippen LogP contribution in [0.15, 0.2) is 16.3 Å². The Labute approximate surface area is 182 Å². The molecule has 1 aromatic heterocycles. The van der Waals surface area contributed by atoms with E-state index in [0.29, 0.717) is 30.4 Å². The van der Waals surface area contributed by atoms with Crippen molar-refractivity contribution in [2.24, 2.45) is 5.92 Å². The van der Waals surface area contributed by atoms with E-state index in [4.69, 9.17) is 4.74 Å². The highest BCUT2D eigenvalue weighted by atomic mass is 32.2. The lowest BCUT2D eigenvalue weighted by Crippen LogP contribution is -2.54. The summed E-state index contributed by atoms with van der Waals surface area (Å²) in [7, 11) is -3.51. The van der Waals surface area contributed by atoms with E-state index in [1.165, 1.54) is 15.6 Å². The first-order valence-corrected chi connectivity index (χ1v) is 12.6. The smallest absolute Gasteiger partial charge is 0.410 e. The predicted molar refractivity (Wildman–Crippen MR) is 115 cm³/mol. The highest BCUT2D eigenvalue weighted by molar-refractivity contribution is 7.91. The molecule has 8 nitrogen and oxygen atoms in total. The summed E-state index contributed by atoms with van der Waals surface area (Å²) in [6.07, 6.45) is 1.09. The van der Waals surface area contributed by atoms with Crippen LogP contribution in [0.4, 0.5) is 4.79 Å². The number of piperazine rings is 1. The fourth-order valence-electron chi connectivity index (χ4n) is 3.76. The van der Waals surface area contributed by atoms with Crippen LogP contribution in [0.1, 0.15) is 38.5 Å². The van der Waals surface area contributed by atoms with Gasteiger partial charge in [0.25, 0.3) is 10.0 Å². The highest BCUT2D eigenvalue weighted by Crippen LogP contribution is 2.26. The molecule has 0 aliphatic carbocycles. The molecule has 168 valence electrons. The van der Waals surface area contributed by atoms with Crippen molar-refractivity contribution in [3.8, 4) is 0 Å². The number of likely N-dealkylation sites (tertiary alicyclic amines) is 1. The summed E-state index contributed by atoms with van der Waals surface area (Å²) in [5.41, 5.74) is -0.572. The summed E-state index contributed by atoms with van der Waals surface area (Å²) in [6, 6.07) is 3.44. The second-order valence-electron chi connectivity index (χ2n) is 8.86. The maximum atomic E-state index is 13.0. The Morgan fingerprint density at radius 3 is 2.30 bits per heavy atom. The number of sulfonamides is 1. The molecule has 0 aromatic carbocycles. The highest BCUT2D eigenvalue weighted by Gasteiger charge is 2.36. The number of amides is 2. The largest absolute Gasteiger partial charge is 0.444 e. The van der Waals surface area contributed by atoms with Crippen LogP contribution in [0.25, 0.3) is 0 Å². The Bertz CT molecular complexity index is 882. The average molecular weight is 458 g/mol. The second-order valence-corrected chi connectivity index (χ2v) is 12.3. The minimum absolute atomic E-state index is 0.00715. The molecule has 0 radical (unpaired) electrons. The number of ether oxygens (including phenoxy) is 1. The van der Waals surface area contributed by atoms with Crippen LogP contribution in [0.2, 0.25) is 0 Å². The summed E-state index contributed by atoms with van der Waals surface area (Å²) < 4.78 is 32.8. The van der Waals surface area contributed by atoms with Gasteiger partial charge in [0.05, 0.1) is 5.92 Å². The standard InChI is InChI=1S/C20H31N3O5S2/c1-15-7-8-17(29-15)30(26,27)23-12-10-21(11-13-23)18(24)16-6-5-9-22(14-16)19(25)28-20(2,3)4/h7-8,16H,5-6,9-14H2,1-4H3. The van der Waals surface area contributed by atoms with Gasteiger partial charge in [-0.3, -0.25) is 4.79 Å². The Morgan fingerprint density at radius 1 is 1.07 bits per heavy atom. The molecule has 2 fully saturated rings. The molecule has 2 amide bonds. The van der Waals surface area contributed by atoms with Gasteiger partial charge < -0.3 is 14.5 Å². The van der Waals surface area contributed by atoms with Crippen LogP contribution in [-0.4, -0.2) is 79.4 Å². The quantitative estimate of drug-likeness (QED) is 0.696. The molecule has 2 saturated heterocycles. The van der Waals surface area contributed by atoms with Crippen molar-refractivity contribution in [1.82, 2.24) is 14.1 Å². The van der Waals surface area contributed by atoms with Crippen molar-refractivity contribution in [3.63, 3.8) is 0 Å². The van der Waals surface area contributed by atoms with Crippen LogP contribution in [0.5, 0.6) is 0 Å². The van der Waals surface area contributed by atoms with Crippen LogP contribution in [-0.2, 0) is 19.6 Å². The van der Waals surface area contributed by atoms with Gasteiger partial charge >= 0.3 is 6.09 Å². The van der Waals surface area contributed by atoms with E-state index in [9.17, 15) is 18.0 Å². The summed E-state index contributed by atoms with van der Waals surface area (Å²) >= 11 is 1.27. The number of hydrogen-bond donors (Lipinski definition) is 0. The lowest BCUT2D eigenvalue weighted by molar-refractivity contribution is -0.138. The number of rotatable bonds is 3. The molecule has 0 N–H and O–H groups in total. The van der Waals surface area contributed by atoms with Crippen molar-refractivity contribution < 1.29 is 22.7 Å². The third-order valence-corrected chi connectivity index (χ3v) is 8.65. The van der Waals surface area contributed by atoms with E-state index < -0.39 is 15.6 Å². The molecule has 1 aromatic rings. The van der Waals surface area contributed by atoms with Gasteiger partial charge in [0.1, 0.15) is 9.81 Å². The summed E-state index contributed by atoms with van der Waals surface area (Å²) in [5.74, 6) is -0.276. The van der Waals surface area contributed by atoms with Gasteiger partial charge in [-0.15, -0.1) is 11.3 Å². The maximum absolute atomic E-state index is 13.0. The minimum Gasteiger partial charge on any atom is -0.444 e. The molecular weight excluding hydrogens is 426 g/mol. The fraction of sp³-hybridized carbons (Fsp3) is 0.700. The molecule has 0 bridgehead atoms. The van der Waals surface area contributed by atoms with E-state index in [2.05, 4.69) is 0 Å². The van der Waals surface area contributed by atoms with Gasteiger partial charge in [0.15, 0.2) is 0 Å². The van der Waals surface area contributed by atoms with Gasteiger partial charge in [-0.25, -0.2) is 13.2 Å². The molecule has 3 rings (SSSR count). The normalized spacial score (nSPS) is 21.5. The van der Waals surface area contributed by atoms with Crippen LogP contribution in [0.3, 0.4) is 0 Å². The summed E-state index contributed by atoms with van der Waals surface area (Å²) in [4.78, 5) is 29.7. The van der Waals surface area contributed by atoms with Gasteiger partial charge in [0.2, 0.25) is 5.91 Å². The lowest BCUT2D eigenvalue weighted by atomic mass is 9.96. The predicted octanol–water partition coefficient (Wildman–Crippen LogP) is 2.54. The molecular formula is C20H31N3O5S2. The molecule has 0 saturated carbocycles. The van der Waals surface area contributed by atoms with Crippen molar-refractivity contribution in [2.45, 2.75) is 50.3 Å². The number of carbonyl (C=O) groups is 2.